The average Bonchev–Trinajstić information content (AvgIpc) is 3.69. The van der Waals surface area contributed by atoms with Crippen molar-refractivity contribution in [2.24, 2.45) is 15.4 Å². The standard InChI is InChI=1S/C31H23BrN6O3/c32-22-15-13-20(14-16-22)24-17-26(21-8-2-1-3-9-21)38(34-24)27(39)18-36-29-28(33-35-36)30(40)37(31(29)41)25-12-6-10-19-7-4-5-11-23(19)25/h1-16,26,28-29H,17-18H2/t26-,28-,29+/m1/s1. The molecule has 0 aromatic heterocycles. The number of anilines is 1. The predicted octanol–water partition coefficient (Wildman–Crippen LogP) is 5.27. The maximum absolute atomic E-state index is 13.8. The first-order valence-electron chi connectivity index (χ1n) is 13.2. The molecule has 3 amide bonds. The third kappa shape index (κ3) is 4.31. The number of fused-ring (bicyclic) bond motifs is 2. The van der Waals surface area contributed by atoms with Gasteiger partial charge in [-0.2, -0.15) is 10.2 Å². The average molecular weight is 607 g/mol. The van der Waals surface area contributed by atoms with Crippen molar-refractivity contribution in [2.75, 3.05) is 11.4 Å². The molecule has 1 saturated heterocycles. The molecular weight excluding hydrogens is 584 g/mol. The van der Waals surface area contributed by atoms with Gasteiger partial charge in [0.2, 0.25) is 0 Å². The van der Waals surface area contributed by atoms with Crippen molar-refractivity contribution in [2.45, 2.75) is 24.5 Å². The van der Waals surface area contributed by atoms with Gasteiger partial charge < -0.3 is 0 Å². The Morgan fingerprint density at radius 2 is 1.59 bits per heavy atom. The zero-order chi connectivity index (χ0) is 28.1. The van der Waals surface area contributed by atoms with Gasteiger partial charge in [0.25, 0.3) is 17.7 Å². The van der Waals surface area contributed by atoms with Gasteiger partial charge in [0.1, 0.15) is 6.54 Å². The third-order valence-corrected chi connectivity index (χ3v) is 8.22. The van der Waals surface area contributed by atoms with Gasteiger partial charge in [-0.3, -0.25) is 19.4 Å². The SMILES string of the molecule is O=C1[C@@H]2[C@@H](N=NN2CC(=O)N2N=C(c3ccc(Br)cc3)C[C@@H]2c2ccccc2)C(=O)N1c1cccc2ccccc12. The molecule has 3 aliphatic heterocycles. The van der Waals surface area contributed by atoms with E-state index in [-0.39, 0.29) is 18.5 Å². The first kappa shape index (κ1) is 25.3. The molecule has 0 aliphatic carbocycles. The van der Waals surface area contributed by atoms with Crippen molar-refractivity contribution in [1.82, 2.24) is 10.0 Å². The fraction of sp³-hybridized carbons (Fsp3) is 0.161. The maximum Gasteiger partial charge on any atom is 0.264 e. The van der Waals surface area contributed by atoms with E-state index in [4.69, 9.17) is 5.10 Å². The summed E-state index contributed by atoms with van der Waals surface area (Å²) in [5.41, 5.74) is 3.16. The number of halogens is 1. The molecule has 10 heteroatoms. The summed E-state index contributed by atoms with van der Waals surface area (Å²) in [4.78, 5) is 42.0. The topological polar surface area (TPSA) is 98.0 Å². The van der Waals surface area contributed by atoms with Gasteiger partial charge in [0.05, 0.1) is 17.4 Å². The zero-order valence-electron chi connectivity index (χ0n) is 21.7. The molecule has 0 saturated carbocycles. The van der Waals surface area contributed by atoms with E-state index in [2.05, 4.69) is 26.3 Å². The van der Waals surface area contributed by atoms with Crippen molar-refractivity contribution in [3.63, 3.8) is 0 Å². The molecule has 7 rings (SSSR count). The summed E-state index contributed by atoms with van der Waals surface area (Å²) in [6, 6.07) is 28.3. The number of amides is 3. The van der Waals surface area contributed by atoms with Crippen molar-refractivity contribution < 1.29 is 14.4 Å². The van der Waals surface area contributed by atoms with Gasteiger partial charge in [-0.25, -0.2) is 9.91 Å². The molecular formula is C31H23BrN6O3. The molecule has 4 aromatic rings. The van der Waals surface area contributed by atoms with E-state index in [9.17, 15) is 14.4 Å². The molecule has 4 aromatic carbocycles. The van der Waals surface area contributed by atoms with Crippen molar-refractivity contribution >= 4 is 55.8 Å². The Bertz CT molecular complexity index is 1750. The van der Waals surface area contributed by atoms with Crippen molar-refractivity contribution in [3.05, 3.63) is 113 Å². The Kier molecular flexibility index (Phi) is 6.19. The van der Waals surface area contributed by atoms with Crippen LogP contribution in [0.5, 0.6) is 0 Å². The second-order valence-electron chi connectivity index (χ2n) is 10.1. The zero-order valence-corrected chi connectivity index (χ0v) is 23.3. The van der Waals surface area contributed by atoms with E-state index < -0.39 is 23.9 Å². The van der Waals surface area contributed by atoms with Crippen molar-refractivity contribution in [3.8, 4) is 0 Å². The fourth-order valence-corrected chi connectivity index (χ4v) is 5.96. The second-order valence-corrected chi connectivity index (χ2v) is 11.0. The van der Waals surface area contributed by atoms with Crippen LogP contribution in [0.3, 0.4) is 0 Å². The summed E-state index contributed by atoms with van der Waals surface area (Å²) in [6.07, 6.45) is 0.539. The lowest BCUT2D eigenvalue weighted by Crippen LogP contribution is -2.44. The molecule has 9 nitrogen and oxygen atoms in total. The highest BCUT2D eigenvalue weighted by Gasteiger charge is 2.55. The number of nitrogens with zero attached hydrogens (tertiary/aromatic N) is 6. The minimum absolute atomic E-state index is 0.243. The van der Waals surface area contributed by atoms with Crippen LogP contribution in [-0.4, -0.2) is 52.1 Å². The number of carbonyl (C=O) groups excluding carboxylic acids is 3. The van der Waals surface area contributed by atoms with Crippen LogP contribution in [0, 0.1) is 0 Å². The molecule has 0 spiro atoms. The molecule has 41 heavy (non-hydrogen) atoms. The number of benzene rings is 4. The van der Waals surface area contributed by atoms with Crippen molar-refractivity contribution in [1.29, 1.82) is 0 Å². The number of hydrogen-bond acceptors (Lipinski definition) is 7. The number of imide groups is 1. The van der Waals surface area contributed by atoms with E-state index in [1.165, 1.54) is 14.9 Å². The van der Waals surface area contributed by atoms with Gasteiger partial charge in [0.15, 0.2) is 12.1 Å². The second kappa shape index (κ2) is 10.0. The van der Waals surface area contributed by atoms with Gasteiger partial charge in [-0.15, -0.1) is 0 Å². The normalized spacial score (nSPS) is 21.6. The van der Waals surface area contributed by atoms with Crippen LogP contribution in [0.1, 0.15) is 23.6 Å². The Balaban J connectivity index is 1.16. The van der Waals surface area contributed by atoms with E-state index in [0.717, 1.165) is 32.1 Å². The van der Waals surface area contributed by atoms with Crippen LogP contribution >= 0.6 is 15.9 Å². The van der Waals surface area contributed by atoms with Gasteiger partial charge in [-0.05, 0) is 34.7 Å². The Morgan fingerprint density at radius 3 is 2.39 bits per heavy atom. The summed E-state index contributed by atoms with van der Waals surface area (Å²) in [6.45, 7) is -0.243. The number of carbonyl (C=O) groups is 3. The molecule has 0 bridgehead atoms. The van der Waals surface area contributed by atoms with Gasteiger partial charge in [-0.1, -0.05) is 100 Å². The minimum Gasteiger partial charge on any atom is -0.271 e. The molecule has 1 fully saturated rings. The number of hydrogen-bond donors (Lipinski definition) is 0. The van der Waals surface area contributed by atoms with Crippen LogP contribution in [0.4, 0.5) is 5.69 Å². The van der Waals surface area contributed by atoms with E-state index >= 15 is 0 Å². The predicted molar refractivity (Wildman–Crippen MR) is 157 cm³/mol. The maximum atomic E-state index is 13.8. The molecule has 3 heterocycles. The van der Waals surface area contributed by atoms with Crippen LogP contribution in [0.15, 0.2) is 117 Å². The van der Waals surface area contributed by atoms with Gasteiger partial charge >= 0.3 is 0 Å². The summed E-state index contributed by atoms with van der Waals surface area (Å²) in [7, 11) is 0. The Hall–Kier alpha value is -4.70. The van der Waals surface area contributed by atoms with Crippen LogP contribution in [0.25, 0.3) is 10.8 Å². The lowest BCUT2D eigenvalue weighted by Gasteiger charge is -2.25. The Labute approximate surface area is 243 Å². The smallest absolute Gasteiger partial charge is 0.264 e. The van der Waals surface area contributed by atoms with Crippen LogP contribution in [0.2, 0.25) is 0 Å². The summed E-state index contributed by atoms with van der Waals surface area (Å²) in [5.74, 6) is -1.24. The molecule has 3 atom stereocenters. The number of hydrazone groups is 1. The van der Waals surface area contributed by atoms with Crippen LogP contribution < -0.4 is 4.90 Å². The first-order chi connectivity index (χ1) is 20.0. The monoisotopic (exact) mass is 606 g/mol. The van der Waals surface area contributed by atoms with E-state index in [1.54, 1.807) is 6.07 Å². The van der Waals surface area contributed by atoms with Gasteiger partial charge in [0, 0.05) is 16.3 Å². The highest BCUT2D eigenvalue weighted by molar-refractivity contribution is 9.10. The highest BCUT2D eigenvalue weighted by Crippen LogP contribution is 2.37. The highest BCUT2D eigenvalue weighted by atomic mass is 79.9. The van der Waals surface area contributed by atoms with E-state index in [1.807, 2.05) is 91.0 Å². The number of rotatable bonds is 5. The molecule has 0 radical (unpaired) electrons. The molecule has 0 unspecified atom stereocenters. The molecule has 0 N–H and O–H groups in total. The third-order valence-electron chi connectivity index (χ3n) is 7.69. The largest absolute Gasteiger partial charge is 0.271 e. The lowest BCUT2D eigenvalue weighted by atomic mass is 9.98. The fourth-order valence-electron chi connectivity index (χ4n) is 5.70. The Morgan fingerprint density at radius 1 is 0.854 bits per heavy atom. The quantitative estimate of drug-likeness (QED) is 0.289. The summed E-state index contributed by atoms with van der Waals surface area (Å²) in [5, 5.41) is 17.4. The van der Waals surface area contributed by atoms with E-state index in [0.29, 0.717) is 12.1 Å². The lowest BCUT2D eigenvalue weighted by molar-refractivity contribution is -0.135. The van der Waals surface area contributed by atoms with Crippen LogP contribution in [-0.2, 0) is 14.4 Å². The molecule has 3 aliphatic rings. The minimum atomic E-state index is -1.00. The molecule has 202 valence electrons. The summed E-state index contributed by atoms with van der Waals surface area (Å²) < 4.78 is 0.953. The first-order valence-corrected chi connectivity index (χ1v) is 14.0. The summed E-state index contributed by atoms with van der Waals surface area (Å²) >= 11 is 3.46.